The summed E-state index contributed by atoms with van der Waals surface area (Å²) in [5.74, 6) is 1.25. The standard InChI is InChI=1S/C21H25N3O4S.ClH/c1-29(26,27)24-17-5-2-14(3-6-17)19-8-9-22-11-16(19)13-28-18-7-4-15-12-23-21(25)20(15)10-18;/h2-7,10,16,19,22,24H,8-9,11-13H2,1H3,(H,23,25);1H. The van der Waals surface area contributed by atoms with E-state index in [1.54, 1.807) is 12.1 Å². The van der Waals surface area contributed by atoms with Crippen molar-refractivity contribution in [3.8, 4) is 5.75 Å². The van der Waals surface area contributed by atoms with E-state index in [-0.39, 0.29) is 24.2 Å². The number of amides is 1. The Morgan fingerprint density at radius 2 is 1.93 bits per heavy atom. The van der Waals surface area contributed by atoms with Gasteiger partial charge in [-0.05, 0) is 54.3 Å². The molecule has 2 atom stereocenters. The monoisotopic (exact) mass is 451 g/mol. The van der Waals surface area contributed by atoms with Gasteiger partial charge >= 0.3 is 0 Å². The van der Waals surface area contributed by atoms with E-state index in [0.29, 0.717) is 36.1 Å². The van der Waals surface area contributed by atoms with Gasteiger partial charge in [-0.2, -0.15) is 0 Å². The van der Waals surface area contributed by atoms with E-state index in [1.165, 1.54) is 5.56 Å². The lowest BCUT2D eigenvalue weighted by Gasteiger charge is -2.32. The van der Waals surface area contributed by atoms with E-state index in [9.17, 15) is 13.2 Å². The van der Waals surface area contributed by atoms with Gasteiger partial charge in [0, 0.05) is 30.3 Å². The number of nitrogens with one attached hydrogen (secondary N) is 3. The van der Waals surface area contributed by atoms with Crippen LogP contribution in [0.1, 0.15) is 33.8 Å². The summed E-state index contributed by atoms with van der Waals surface area (Å²) in [4.78, 5) is 11.9. The van der Waals surface area contributed by atoms with Gasteiger partial charge in [-0.1, -0.05) is 18.2 Å². The van der Waals surface area contributed by atoms with Gasteiger partial charge in [-0.25, -0.2) is 8.42 Å². The van der Waals surface area contributed by atoms with Gasteiger partial charge in [-0.15, -0.1) is 12.4 Å². The Morgan fingerprint density at radius 3 is 2.67 bits per heavy atom. The van der Waals surface area contributed by atoms with Crippen LogP contribution in [0.25, 0.3) is 0 Å². The first-order valence-corrected chi connectivity index (χ1v) is 11.6. The fourth-order valence-corrected chi connectivity index (χ4v) is 4.60. The maximum atomic E-state index is 11.9. The Kier molecular flexibility index (Phi) is 6.90. The Bertz CT molecular complexity index is 1010. The van der Waals surface area contributed by atoms with E-state index in [1.807, 2.05) is 30.3 Å². The number of rotatable bonds is 6. The molecule has 0 radical (unpaired) electrons. The highest BCUT2D eigenvalue weighted by molar-refractivity contribution is 7.92. The van der Waals surface area contributed by atoms with Crippen molar-refractivity contribution in [2.45, 2.75) is 18.9 Å². The predicted octanol–water partition coefficient (Wildman–Crippen LogP) is 2.50. The number of carbonyl (C=O) groups is 1. The van der Waals surface area contributed by atoms with E-state index in [2.05, 4.69) is 15.4 Å². The molecule has 3 N–H and O–H groups in total. The first kappa shape index (κ1) is 22.4. The average Bonchev–Trinajstić information content (AvgIpc) is 3.06. The molecular formula is C21H26ClN3O4S. The molecule has 0 spiro atoms. The van der Waals surface area contributed by atoms with Crippen LogP contribution in [0.3, 0.4) is 0 Å². The van der Waals surface area contributed by atoms with Gasteiger partial charge < -0.3 is 15.4 Å². The van der Waals surface area contributed by atoms with Crippen molar-refractivity contribution in [1.82, 2.24) is 10.6 Å². The summed E-state index contributed by atoms with van der Waals surface area (Å²) in [6.45, 7) is 2.90. The number of hydrogen-bond donors (Lipinski definition) is 3. The molecular weight excluding hydrogens is 426 g/mol. The number of carbonyl (C=O) groups excluding carboxylic acids is 1. The molecule has 7 nitrogen and oxygen atoms in total. The molecule has 162 valence electrons. The van der Waals surface area contributed by atoms with Gasteiger partial charge in [0.15, 0.2) is 0 Å². The lowest BCUT2D eigenvalue weighted by molar-refractivity contribution is 0.0965. The number of hydrogen-bond acceptors (Lipinski definition) is 5. The third kappa shape index (κ3) is 5.24. The van der Waals surface area contributed by atoms with Crippen LogP contribution in [0, 0.1) is 5.92 Å². The third-order valence-electron chi connectivity index (χ3n) is 5.48. The molecule has 1 amide bonds. The summed E-state index contributed by atoms with van der Waals surface area (Å²) in [7, 11) is -3.28. The molecule has 2 heterocycles. The molecule has 2 aromatic rings. The number of piperidine rings is 1. The Balaban J connectivity index is 0.00000256. The Hall–Kier alpha value is -2.29. The minimum atomic E-state index is -3.28. The van der Waals surface area contributed by atoms with Crippen LogP contribution in [-0.2, 0) is 16.6 Å². The molecule has 2 aliphatic heterocycles. The molecule has 0 bridgehead atoms. The number of fused-ring (bicyclic) bond motifs is 1. The molecule has 1 saturated heterocycles. The van der Waals surface area contributed by atoms with Crippen molar-refractivity contribution < 1.29 is 17.9 Å². The van der Waals surface area contributed by atoms with E-state index < -0.39 is 10.0 Å². The minimum absolute atomic E-state index is 0. The first-order chi connectivity index (χ1) is 13.9. The highest BCUT2D eigenvalue weighted by atomic mass is 35.5. The molecule has 2 aromatic carbocycles. The minimum Gasteiger partial charge on any atom is -0.493 e. The second-order valence-electron chi connectivity index (χ2n) is 7.67. The molecule has 9 heteroatoms. The predicted molar refractivity (Wildman–Crippen MR) is 119 cm³/mol. The summed E-state index contributed by atoms with van der Waals surface area (Å²) in [6, 6.07) is 13.2. The van der Waals surface area contributed by atoms with Gasteiger partial charge in [0.05, 0.1) is 12.9 Å². The quantitative estimate of drug-likeness (QED) is 0.627. The SMILES string of the molecule is CS(=O)(=O)Nc1ccc(C2CCNCC2COc2ccc3c(c2)C(=O)NC3)cc1.Cl. The lowest BCUT2D eigenvalue weighted by atomic mass is 9.81. The summed E-state index contributed by atoms with van der Waals surface area (Å²) >= 11 is 0. The van der Waals surface area contributed by atoms with Crippen molar-refractivity contribution in [1.29, 1.82) is 0 Å². The summed E-state index contributed by atoms with van der Waals surface area (Å²) in [5.41, 5.74) is 3.43. The van der Waals surface area contributed by atoms with Crippen LogP contribution < -0.4 is 20.1 Å². The number of benzene rings is 2. The van der Waals surface area contributed by atoms with Gasteiger partial charge in [0.25, 0.3) is 5.91 Å². The maximum absolute atomic E-state index is 11.9. The summed E-state index contributed by atoms with van der Waals surface area (Å²) in [6.07, 6.45) is 2.13. The van der Waals surface area contributed by atoms with Crippen LogP contribution in [0.4, 0.5) is 5.69 Å². The van der Waals surface area contributed by atoms with Crippen LogP contribution in [0.15, 0.2) is 42.5 Å². The zero-order chi connectivity index (χ0) is 20.4. The molecule has 2 aliphatic rings. The molecule has 30 heavy (non-hydrogen) atoms. The fourth-order valence-electron chi connectivity index (χ4n) is 4.03. The van der Waals surface area contributed by atoms with E-state index in [4.69, 9.17) is 4.74 Å². The highest BCUT2D eigenvalue weighted by Gasteiger charge is 2.27. The highest BCUT2D eigenvalue weighted by Crippen LogP contribution is 2.32. The average molecular weight is 452 g/mol. The van der Waals surface area contributed by atoms with E-state index in [0.717, 1.165) is 31.3 Å². The van der Waals surface area contributed by atoms with Gasteiger partial charge in [-0.3, -0.25) is 9.52 Å². The molecule has 0 aliphatic carbocycles. The zero-order valence-corrected chi connectivity index (χ0v) is 18.3. The molecule has 2 unspecified atom stereocenters. The normalized spacial score (nSPS) is 20.6. The van der Waals surface area contributed by atoms with Gasteiger partial charge in [0.1, 0.15) is 5.75 Å². The van der Waals surface area contributed by atoms with Crippen LogP contribution >= 0.6 is 12.4 Å². The summed E-state index contributed by atoms with van der Waals surface area (Å²) in [5, 5.41) is 6.24. The third-order valence-corrected chi connectivity index (χ3v) is 6.09. The fraction of sp³-hybridized carbons (Fsp3) is 0.381. The number of halogens is 1. The largest absolute Gasteiger partial charge is 0.493 e. The van der Waals surface area contributed by atoms with Crippen LogP contribution in [0.2, 0.25) is 0 Å². The topological polar surface area (TPSA) is 96.5 Å². The first-order valence-electron chi connectivity index (χ1n) is 9.71. The van der Waals surface area contributed by atoms with Crippen LogP contribution in [-0.4, -0.2) is 40.3 Å². The molecule has 4 rings (SSSR count). The van der Waals surface area contributed by atoms with Crippen LogP contribution in [0.5, 0.6) is 5.75 Å². The second kappa shape index (κ2) is 9.24. The Labute approximate surface area is 183 Å². The molecule has 0 saturated carbocycles. The molecule has 0 aromatic heterocycles. The Morgan fingerprint density at radius 1 is 1.17 bits per heavy atom. The number of sulfonamides is 1. The number of anilines is 1. The lowest BCUT2D eigenvalue weighted by Crippen LogP contribution is -2.38. The van der Waals surface area contributed by atoms with Crippen molar-refractivity contribution in [3.63, 3.8) is 0 Å². The smallest absolute Gasteiger partial charge is 0.252 e. The maximum Gasteiger partial charge on any atom is 0.252 e. The van der Waals surface area contributed by atoms with Crippen molar-refractivity contribution in [2.75, 3.05) is 30.7 Å². The van der Waals surface area contributed by atoms with Gasteiger partial charge in [0.2, 0.25) is 10.0 Å². The summed E-state index contributed by atoms with van der Waals surface area (Å²) < 4.78 is 31.3. The van der Waals surface area contributed by atoms with Crippen molar-refractivity contribution in [2.24, 2.45) is 5.92 Å². The van der Waals surface area contributed by atoms with Crippen molar-refractivity contribution >= 4 is 34.0 Å². The second-order valence-corrected chi connectivity index (χ2v) is 9.42. The van der Waals surface area contributed by atoms with Crippen molar-refractivity contribution in [3.05, 3.63) is 59.2 Å². The number of ether oxygens (including phenoxy) is 1. The van der Waals surface area contributed by atoms with E-state index >= 15 is 0 Å². The molecule has 1 fully saturated rings. The zero-order valence-electron chi connectivity index (χ0n) is 16.7.